The van der Waals surface area contributed by atoms with E-state index in [1.54, 1.807) is 12.1 Å². The Morgan fingerprint density at radius 1 is 1.03 bits per heavy atom. The summed E-state index contributed by atoms with van der Waals surface area (Å²) in [5.41, 5.74) is 0.466. The highest BCUT2D eigenvalue weighted by atomic mass is 32.1. The van der Waals surface area contributed by atoms with E-state index in [9.17, 15) is 9.59 Å². The number of nitrogens with zero attached hydrogens (tertiary/aromatic N) is 2. The molecule has 0 bridgehead atoms. The number of amides is 1. The van der Waals surface area contributed by atoms with E-state index < -0.39 is 11.5 Å². The van der Waals surface area contributed by atoms with E-state index in [0.717, 1.165) is 21.0 Å². The van der Waals surface area contributed by atoms with Crippen molar-refractivity contribution in [2.24, 2.45) is 4.99 Å². The molecule has 0 N–H and O–H groups in total. The van der Waals surface area contributed by atoms with Crippen LogP contribution in [-0.4, -0.2) is 30.3 Å². The van der Waals surface area contributed by atoms with Crippen LogP contribution in [0, 0.1) is 0 Å². The van der Waals surface area contributed by atoms with Gasteiger partial charge in [0.15, 0.2) is 4.80 Å². The van der Waals surface area contributed by atoms with Crippen LogP contribution in [-0.2, 0) is 11.3 Å². The summed E-state index contributed by atoms with van der Waals surface area (Å²) in [6.45, 7) is 5.89. The minimum absolute atomic E-state index is 0.104. The highest BCUT2D eigenvalue weighted by Crippen LogP contribution is 2.28. The van der Waals surface area contributed by atoms with Crippen molar-refractivity contribution in [3.05, 3.63) is 81.4 Å². The third-order valence-corrected chi connectivity index (χ3v) is 6.74. The van der Waals surface area contributed by atoms with Gasteiger partial charge in [-0.2, -0.15) is 4.99 Å². The fourth-order valence-corrected chi connectivity index (χ4v) is 5.20. The summed E-state index contributed by atoms with van der Waals surface area (Å²) < 4.78 is 19.7. The van der Waals surface area contributed by atoms with Gasteiger partial charge in [0.1, 0.15) is 22.4 Å². The number of thiazole rings is 1. The van der Waals surface area contributed by atoms with Crippen molar-refractivity contribution in [1.29, 1.82) is 0 Å². The lowest BCUT2D eigenvalue weighted by molar-refractivity contribution is 0.0993. The average molecular weight is 489 g/mol. The molecule has 2 heterocycles. The largest absolute Gasteiger partial charge is 0.492 e. The Balaban J connectivity index is 1.67. The monoisotopic (exact) mass is 488 g/mol. The highest BCUT2D eigenvalue weighted by molar-refractivity contribution is 7.16. The van der Waals surface area contributed by atoms with Gasteiger partial charge in [0.2, 0.25) is 0 Å². The lowest BCUT2D eigenvalue weighted by Crippen LogP contribution is -2.21. The summed E-state index contributed by atoms with van der Waals surface area (Å²) in [5, 5.41) is 2.59. The van der Waals surface area contributed by atoms with Crippen LogP contribution in [0.4, 0.5) is 0 Å². The molecule has 0 fully saturated rings. The van der Waals surface area contributed by atoms with Crippen LogP contribution in [0.25, 0.3) is 32.0 Å². The van der Waals surface area contributed by atoms with E-state index in [4.69, 9.17) is 13.9 Å². The first kappa shape index (κ1) is 23.0. The van der Waals surface area contributed by atoms with E-state index in [2.05, 4.69) is 4.99 Å². The van der Waals surface area contributed by atoms with Crippen molar-refractivity contribution in [3.8, 4) is 5.75 Å². The van der Waals surface area contributed by atoms with Gasteiger partial charge in [-0.25, -0.2) is 4.79 Å². The standard InChI is InChI=1S/C27H24N2O5S/c1-3-32-15-14-29-24-22(33-4-2)10-7-11-23(24)35-27(29)28-25(30)20-16-19-18-9-6-5-8-17(18)12-13-21(19)34-26(20)31/h5-13,16H,3-4,14-15H2,1-2H3. The number of rotatable bonds is 7. The van der Waals surface area contributed by atoms with Crippen molar-refractivity contribution in [2.75, 3.05) is 19.8 Å². The Morgan fingerprint density at radius 2 is 1.89 bits per heavy atom. The molecule has 0 saturated heterocycles. The molecule has 0 radical (unpaired) electrons. The van der Waals surface area contributed by atoms with E-state index >= 15 is 0 Å². The molecular weight excluding hydrogens is 464 g/mol. The van der Waals surface area contributed by atoms with Crippen molar-refractivity contribution in [2.45, 2.75) is 20.4 Å². The van der Waals surface area contributed by atoms with E-state index in [1.807, 2.05) is 66.9 Å². The first-order chi connectivity index (χ1) is 17.1. The molecule has 178 valence electrons. The zero-order valence-corrected chi connectivity index (χ0v) is 20.3. The average Bonchev–Trinajstić information content (AvgIpc) is 3.21. The first-order valence-electron chi connectivity index (χ1n) is 11.5. The number of benzene rings is 3. The van der Waals surface area contributed by atoms with Crippen LogP contribution in [0.2, 0.25) is 0 Å². The Labute approximate surface area is 204 Å². The molecule has 3 aromatic carbocycles. The minimum Gasteiger partial charge on any atom is -0.492 e. The van der Waals surface area contributed by atoms with Gasteiger partial charge in [-0.1, -0.05) is 47.7 Å². The predicted octanol–water partition coefficient (Wildman–Crippen LogP) is 5.14. The molecule has 0 spiro atoms. The van der Waals surface area contributed by atoms with Gasteiger partial charge < -0.3 is 18.5 Å². The Hall–Kier alpha value is -3.75. The summed E-state index contributed by atoms with van der Waals surface area (Å²) in [6, 6.07) is 18.7. The van der Waals surface area contributed by atoms with Gasteiger partial charge in [0, 0.05) is 18.5 Å². The third kappa shape index (κ3) is 4.38. The first-order valence-corrected chi connectivity index (χ1v) is 12.3. The summed E-state index contributed by atoms with van der Waals surface area (Å²) in [5.74, 6) is 0.0617. The Morgan fingerprint density at radius 3 is 2.71 bits per heavy atom. The number of hydrogen-bond donors (Lipinski definition) is 0. The van der Waals surface area contributed by atoms with E-state index in [1.165, 1.54) is 11.3 Å². The van der Waals surface area contributed by atoms with Crippen LogP contribution in [0.1, 0.15) is 24.2 Å². The second-order valence-corrected chi connectivity index (χ2v) is 8.84. The molecule has 35 heavy (non-hydrogen) atoms. The summed E-state index contributed by atoms with van der Waals surface area (Å²) >= 11 is 1.36. The number of carbonyl (C=O) groups is 1. The molecule has 5 rings (SSSR count). The van der Waals surface area contributed by atoms with E-state index in [0.29, 0.717) is 47.9 Å². The molecule has 0 aliphatic rings. The summed E-state index contributed by atoms with van der Waals surface area (Å²) in [4.78, 5) is 30.8. The zero-order chi connectivity index (χ0) is 24.4. The van der Waals surface area contributed by atoms with Gasteiger partial charge >= 0.3 is 5.63 Å². The molecule has 7 nitrogen and oxygen atoms in total. The predicted molar refractivity (Wildman–Crippen MR) is 137 cm³/mol. The van der Waals surface area contributed by atoms with Crippen molar-refractivity contribution in [1.82, 2.24) is 4.57 Å². The number of hydrogen-bond acceptors (Lipinski definition) is 6. The smallest absolute Gasteiger partial charge is 0.349 e. The molecule has 2 aromatic heterocycles. The molecule has 5 aromatic rings. The molecular formula is C27H24N2O5S. The Kier molecular flexibility index (Phi) is 6.48. The van der Waals surface area contributed by atoms with Crippen molar-refractivity contribution < 1.29 is 18.7 Å². The lowest BCUT2D eigenvalue weighted by atomic mass is 10.0. The van der Waals surface area contributed by atoms with Gasteiger partial charge in [-0.15, -0.1) is 0 Å². The summed E-state index contributed by atoms with van der Waals surface area (Å²) in [6.07, 6.45) is 0. The fourth-order valence-electron chi connectivity index (χ4n) is 4.13. The molecule has 1 amide bonds. The van der Waals surface area contributed by atoms with Gasteiger partial charge in [0.05, 0.1) is 17.9 Å². The maximum atomic E-state index is 13.3. The maximum absolute atomic E-state index is 13.3. The van der Waals surface area contributed by atoms with Gasteiger partial charge in [0.25, 0.3) is 5.91 Å². The van der Waals surface area contributed by atoms with Crippen molar-refractivity contribution in [3.63, 3.8) is 0 Å². The van der Waals surface area contributed by atoms with E-state index in [-0.39, 0.29) is 5.56 Å². The van der Waals surface area contributed by atoms with Crippen LogP contribution < -0.4 is 15.2 Å². The van der Waals surface area contributed by atoms with Gasteiger partial charge in [-0.05, 0) is 48.9 Å². The Bertz CT molecular complexity index is 1680. The number of fused-ring (bicyclic) bond motifs is 4. The normalized spacial score (nSPS) is 12.1. The fraction of sp³-hybridized carbons (Fsp3) is 0.222. The quantitative estimate of drug-likeness (QED) is 0.180. The third-order valence-electron chi connectivity index (χ3n) is 5.70. The molecule has 0 aliphatic heterocycles. The maximum Gasteiger partial charge on any atom is 0.349 e. The number of ether oxygens (including phenoxy) is 2. The topological polar surface area (TPSA) is 83.0 Å². The molecule has 0 unspecified atom stereocenters. The van der Waals surface area contributed by atoms with Gasteiger partial charge in [-0.3, -0.25) is 4.79 Å². The molecule has 0 aliphatic carbocycles. The van der Waals surface area contributed by atoms with Crippen LogP contribution in [0.3, 0.4) is 0 Å². The summed E-state index contributed by atoms with van der Waals surface area (Å²) in [7, 11) is 0. The lowest BCUT2D eigenvalue weighted by Gasteiger charge is -2.09. The zero-order valence-electron chi connectivity index (χ0n) is 19.4. The number of carbonyl (C=O) groups excluding carboxylic acids is 1. The minimum atomic E-state index is -0.710. The molecule has 0 saturated carbocycles. The van der Waals surface area contributed by atoms with Crippen LogP contribution >= 0.6 is 11.3 Å². The highest BCUT2D eigenvalue weighted by Gasteiger charge is 2.17. The van der Waals surface area contributed by atoms with Crippen molar-refractivity contribution >= 4 is 49.2 Å². The van der Waals surface area contributed by atoms with Crippen LogP contribution in [0.15, 0.2) is 74.9 Å². The molecule has 0 atom stereocenters. The second kappa shape index (κ2) is 9.85. The SMILES string of the molecule is CCOCCn1c(=NC(=O)c2cc3c(ccc4ccccc43)oc2=O)sc2cccc(OCC)c21. The second-order valence-electron chi connectivity index (χ2n) is 7.83. The number of para-hydroxylation sites is 1. The molecule has 8 heteroatoms. The number of aromatic nitrogens is 1. The van der Waals surface area contributed by atoms with Crippen LogP contribution in [0.5, 0.6) is 5.75 Å².